The maximum absolute atomic E-state index is 12.1. The summed E-state index contributed by atoms with van der Waals surface area (Å²) >= 11 is 0. The van der Waals surface area contributed by atoms with Gasteiger partial charge in [0.25, 0.3) is 0 Å². The predicted octanol–water partition coefficient (Wildman–Crippen LogP) is 5.65. The number of imidazole rings is 1. The monoisotopic (exact) mass is 513 g/mol. The van der Waals surface area contributed by atoms with Crippen molar-refractivity contribution in [3.05, 3.63) is 72.7 Å². The van der Waals surface area contributed by atoms with Crippen LogP contribution in [0.25, 0.3) is 17.0 Å². The van der Waals surface area contributed by atoms with Crippen molar-refractivity contribution in [2.45, 2.75) is 70.7 Å². The summed E-state index contributed by atoms with van der Waals surface area (Å²) < 4.78 is 7.42. The molecule has 9 heteroatoms. The van der Waals surface area contributed by atoms with Crippen LogP contribution in [0.1, 0.15) is 52.0 Å². The third-order valence-corrected chi connectivity index (χ3v) is 6.54. The number of alkyl carbamates (subject to hydrolysis) is 1. The lowest BCUT2D eigenvalue weighted by molar-refractivity contribution is 0.0492. The van der Waals surface area contributed by atoms with Crippen LogP contribution in [-0.4, -0.2) is 43.1 Å². The second-order valence-electron chi connectivity index (χ2n) is 10.7. The molecular formula is C29H35N7O2. The Morgan fingerprint density at radius 3 is 2.53 bits per heavy atom. The highest BCUT2D eigenvalue weighted by Crippen LogP contribution is 2.26. The fourth-order valence-corrected chi connectivity index (χ4v) is 4.72. The van der Waals surface area contributed by atoms with Crippen LogP contribution in [0.5, 0.6) is 0 Å². The van der Waals surface area contributed by atoms with E-state index in [1.165, 1.54) is 5.56 Å². The molecule has 198 valence electrons. The first-order chi connectivity index (χ1) is 18.3. The molecule has 9 nitrogen and oxygen atoms in total. The lowest BCUT2D eigenvalue weighted by atomic mass is 9.91. The molecule has 3 N–H and O–H groups in total. The van der Waals surface area contributed by atoms with E-state index in [1.807, 2.05) is 74.0 Å². The molecule has 0 atom stereocenters. The summed E-state index contributed by atoms with van der Waals surface area (Å²) in [5.41, 5.74) is 3.21. The summed E-state index contributed by atoms with van der Waals surface area (Å²) in [7, 11) is 0. The van der Waals surface area contributed by atoms with E-state index in [1.54, 1.807) is 6.20 Å². The molecular weight excluding hydrogens is 478 g/mol. The minimum absolute atomic E-state index is 0.124. The highest BCUT2D eigenvalue weighted by atomic mass is 16.6. The number of anilines is 2. The van der Waals surface area contributed by atoms with Gasteiger partial charge in [-0.15, -0.1) is 0 Å². The third kappa shape index (κ3) is 6.40. The highest BCUT2D eigenvalue weighted by molar-refractivity contribution is 5.70. The Bertz CT molecular complexity index is 1370. The molecule has 38 heavy (non-hydrogen) atoms. The van der Waals surface area contributed by atoms with Gasteiger partial charge in [-0.25, -0.2) is 19.7 Å². The van der Waals surface area contributed by atoms with Crippen molar-refractivity contribution >= 4 is 23.4 Å². The van der Waals surface area contributed by atoms with Crippen molar-refractivity contribution in [1.82, 2.24) is 24.7 Å². The zero-order valence-corrected chi connectivity index (χ0v) is 22.1. The predicted molar refractivity (Wildman–Crippen MR) is 149 cm³/mol. The van der Waals surface area contributed by atoms with Crippen LogP contribution in [0, 0.1) is 0 Å². The molecule has 1 aliphatic carbocycles. The third-order valence-electron chi connectivity index (χ3n) is 6.54. The summed E-state index contributed by atoms with van der Waals surface area (Å²) in [6.07, 6.45) is 8.80. The standard InChI is InChI=1S/C29H35N7O2/c1-29(2,3)38-28(37)34-22-14-12-21(13-15-22)33-26-27-32-19-24(36(27)17-16-30-26)23-10-7-11-25(35-23)31-18-20-8-5-4-6-9-20/h4-11,16-17,19,21-22H,12-15,18H2,1-3H3,(H,30,33)(H,31,35)(H,34,37)/t21-,22-. The minimum Gasteiger partial charge on any atom is -0.444 e. The first-order valence-electron chi connectivity index (χ1n) is 13.2. The first kappa shape index (κ1) is 25.5. The van der Waals surface area contributed by atoms with Gasteiger partial charge in [-0.2, -0.15) is 0 Å². The smallest absolute Gasteiger partial charge is 0.407 e. The van der Waals surface area contributed by atoms with E-state index >= 15 is 0 Å². The molecule has 0 bridgehead atoms. The zero-order chi connectivity index (χ0) is 26.5. The van der Waals surface area contributed by atoms with Crippen LogP contribution in [0.2, 0.25) is 0 Å². The van der Waals surface area contributed by atoms with Gasteiger partial charge in [0.15, 0.2) is 11.5 Å². The van der Waals surface area contributed by atoms with Gasteiger partial charge >= 0.3 is 6.09 Å². The Morgan fingerprint density at radius 1 is 1.00 bits per heavy atom. The van der Waals surface area contributed by atoms with Crippen molar-refractivity contribution in [3.8, 4) is 11.4 Å². The molecule has 5 rings (SSSR count). The number of nitrogens with one attached hydrogen (secondary N) is 3. The SMILES string of the molecule is CC(C)(C)OC(=O)N[C@H]1CC[C@H](Nc2nccn3c(-c4cccc(NCc5ccccc5)n4)cnc23)CC1. The zero-order valence-electron chi connectivity index (χ0n) is 22.1. The van der Waals surface area contributed by atoms with Crippen LogP contribution in [0.15, 0.2) is 67.1 Å². The number of aromatic nitrogens is 4. The van der Waals surface area contributed by atoms with E-state index in [9.17, 15) is 4.79 Å². The van der Waals surface area contributed by atoms with Gasteiger partial charge in [0.1, 0.15) is 11.4 Å². The number of fused-ring (bicyclic) bond motifs is 1. The lowest BCUT2D eigenvalue weighted by Gasteiger charge is -2.30. The van der Waals surface area contributed by atoms with Gasteiger partial charge in [-0.05, 0) is 64.2 Å². The van der Waals surface area contributed by atoms with Gasteiger partial charge in [0.2, 0.25) is 0 Å². The number of rotatable bonds is 7. The van der Waals surface area contributed by atoms with E-state index in [2.05, 4.69) is 38.1 Å². The minimum atomic E-state index is -0.494. The summed E-state index contributed by atoms with van der Waals surface area (Å²) in [5, 5.41) is 9.98. The van der Waals surface area contributed by atoms with E-state index < -0.39 is 5.60 Å². The molecule has 0 saturated heterocycles. The second-order valence-corrected chi connectivity index (χ2v) is 10.7. The van der Waals surface area contributed by atoms with Gasteiger partial charge in [-0.1, -0.05) is 36.4 Å². The quantitative estimate of drug-likeness (QED) is 0.293. The van der Waals surface area contributed by atoms with Crippen molar-refractivity contribution in [2.24, 2.45) is 0 Å². The van der Waals surface area contributed by atoms with E-state index in [0.717, 1.165) is 54.4 Å². The average Bonchev–Trinajstić information content (AvgIpc) is 3.34. The molecule has 0 radical (unpaired) electrons. The van der Waals surface area contributed by atoms with Gasteiger partial charge < -0.3 is 20.7 Å². The Morgan fingerprint density at radius 2 is 1.76 bits per heavy atom. The van der Waals surface area contributed by atoms with Crippen LogP contribution in [-0.2, 0) is 11.3 Å². The number of hydrogen-bond acceptors (Lipinski definition) is 7. The highest BCUT2D eigenvalue weighted by Gasteiger charge is 2.25. The van der Waals surface area contributed by atoms with E-state index in [4.69, 9.17) is 9.72 Å². The number of carbonyl (C=O) groups excluding carboxylic acids is 1. The van der Waals surface area contributed by atoms with Crippen LogP contribution >= 0.6 is 0 Å². The number of carbonyl (C=O) groups is 1. The molecule has 1 saturated carbocycles. The number of benzene rings is 1. The largest absolute Gasteiger partial charge is 0.444 e. The number of ether oxygens (including phenoxy) is 1. The van der Waals surface area contributed by atoms with Crippen molar-refractivity contribution in [1.29, 1.82) is 0 Å². The Hall–Kier alpha value is -4.14. The van der Waals surface area contributed by atoms with E-state index in [0.29, 0.717) is 6.54 Å². The van der Waals surface area contributed by atoms with Crippen molar-refractivity contribution in [2.75, 3.05) is 10.6 Å². The molecule has 1 aromatic carbocycles. The number of nitrogens with zero attached hydrogens (tertiary/aromatic N) is 4. The maximum Gasteiger partial charge on any atom is 0.407 e. The molecule has 4 aromatic rings. The maximum atomic E-state index is 12.1. The topological polar surface area (TPSA) is 105 Å². The van der Waals surface area contributed by atoms with Crippen LogP contribution < -0.4 is 16.0 Å². The Balaban J connectivity index is 1.23. The number of amides is 1. The molecule has 1 amide bonds. The summed E-state index contributed by atoms with van der Waals surface area (Å²) in [4.78, 5) is 26.2. The summed E-state index contributed by atoms with van der Waals surface area (Å²) in [6.45, 7) is 6.32. The molecule has 0 unspecified atom stereocenters. The molecule has 0 spiro atoms. The number of pyridine rings is 1. The molecule has 3 heterocycles. The lowest BCUT2D eigenvalue weighted by Crippen LogP contribution is -2.42. The van der Waals surface area contributed by atoms with Gasteiger partial charge in [-0.3, -0.25) is 4.40 Å². The van der Waals surface area contributed by atoms with Crippen LogP contribution in [0.4, 0.5) is 16.4 Å². The fraction of sp³-hybridized carbons (Fsp3) is 0.379. The molecule has 0 aliphatic heterocycles. The molecule has 1 fully saturated rings. The van der Waals surface area contributed by atoms with Crippen molar-refractivity contribution < 1.29 is 9.53 Å². The van der Waals surface area contributed by atoms with E-state index in [-0.39, 0.29) is 18.2 Å². The second kappa shape index (κ2) is 11.1. The molecule has 3 aromatic heterocycles. The first-order valence-corrected chi connectivity index (χ1v) is 13.2. The molecule has 1 aliphatic rings. The van der Waals surface area contributed by atoms with Gasteiger partial charge in [0.05, 0.1) is 17.6 Å². The number of hydrogen-bond donors (Lipinski definition) is 3. The van der Waals surface area contributed by atoms with Gasteiger partial charge in [0, 0.05) is 31.0 Å². The Kier molecular flexibility index (Phi) is 7.44. The normalized spacial score (nSPS) is 17.7. The Labute approximate surface area is 223 Å². The fourth-order valence-electron chi connectivity index (χ4n) is 4.72. The van der Waals surface area contributed by atoms with Crippen LogP contribution in [0.3, 0.4) is 0 Å². The van der Waals surface area contributed by atoms with Crippen molar-refractivity contribution in [3.63, 3.8) is 0 Å². The summed E-state index contributed by atoms with van der Waals surface area (Å²) in [6, 6.07) is 16.6. The average molecular weight is 514 g/mol. The summed E-state index contributed by atoms with van der Waals surface area (Å²) in [5.74, 6) is 1.56.